The largest absolute Gasteiger partial charge is 0.398 e. The maximum atomic E-state index is 11.9. The number of nitrogens with one attached hydrogen (secondary N) is 1. The summed E-state index contributed by atoms with van der Waals surface area (Å²) in [4.78, 5) is 12.9. The molecule has 0 fully saturated rings. The molecule has 0 aliphatic rings. The van der Waals surface area contributed by atoms with Crippen LogP contribution < -0.4 is 11.1 Å². The third kappa shape index (κ3) is 3.16. The number of halogens is 2. The van der Waals surface area contributed by atoms with Crippen LogP contribution in [-0.2, 0) is 6.54 Å². The van der Waals surface area contributed by atoms with Crippen molar-refractivity contribution >= 4 is 46.1 Å². The number of hydrogen-bond donors (Lipinski definition) is 2. The van der Waals surface area contributed by atoms with E-state index in [0.29, 0.717) is 27.2 Å². The number of nitrogen functional groups attached to an aromatic ring is 1. The first-order chi connectivity index (χ1) is 8.56. The SMILES string of the molecule is Nc1ccc(Cl)cc1C(=O)NCc1ccc(Cl)s1. The van der Waals surface area contributed by atoms with E-state index in [2.05, 4.69) is 5.32 Å². The van der Waals surface area contributed by atoms with E-state index in [9.17, 15) is 4.79 Å². The predicted molar refractivity (Wildman–Crippen MR) is 76.4 cm³/mol. The second-order valence-corrected chi connectivity index (χ2v) is 5.86. The van der Waals surface area contributed by atoms with Gasteiger partial charge in [-0.1, -0.05) is 23.2 Å². The molecule has 0 unspecified atom stereocenters. The molecule has 18 heavy (non-hydrogen) atoms. The van der Waals surface area contributed by atoms with Crippen molar-refractivity contribution in [3.8, 4) is 0 Å². The Morgan fingerprint density at radius 2 is 2.06 bits per heavy atom. The molecular formula is C12H10Cl2N2OS. The van der Waals surface area contributed by atoms with Gasteiger partial charge in [0.2, 0.25) is 0 Å². The fraction of sp³-hybridized carbons (Fsp3) is 0.0833. The molecule has 1 aromatic heterocycles. The van der Waals surface area contributed by atoms with E-state index in [4.69, 9.17) is 28.9 Å². The summed E-state index contributed by atoms with van der Waals surface area (Å²) in [5, 5.41) is 3.25. The Balaban J connectivity index is 2.05. The highest BCUT2D eigenvalue weighted by Crippen LogP contribution is 2.22. The minimum Gasteiger partial charge on any atom is -0.398 e. The van der Waals surface area contributed by atoms with Gasteiger partial charge >= 0.3 is 0 Å². The van der Waals surface area contributed by atoms with Crippen LogP contribution in [0.1, 0.15) is 15.2 Å². The molecule has 2 rings (SSSR count). The highest BCUT2D eigenvalue weighted by molar-refractivity contribution is 7.16. The molecule has 0 aliphatic carbocycles. The van der Waals surface area contributed by atoms with E-state index in [1.807, 2.05) is 6.07 Å². The highest BCUT2D eigenvalue weighted by Gasteiger charge is 2.10. The molecule has 2 aromatic rings. The summed E-state index contributed by atoms with van der Waals surface area (Å²) < 4.78 is 0.696. The first kappa shape index (κ1) is 13.2. The minimum atomic E-state index is -0.250. The summed E-state index contributed by atoms with van der Waals surface area (Å²) in [5.41, 5.74) is 6.51. The Kier molecular flexibility index (Phi) is 4.11. The lowest BCUT2D eigenvalue weighted by Gasteiger charge is -2.06. The maximum Gasteiger partial charge on any atom is 0.253 e. The molecule has 0 saturated carbocycles. The molecule has 3 nitrogen and oxygen atoms in total. The summed E-state index contributed by atoms with van der Waals surface area (Å²) in [6.07, 6.45) is 0. The first-order valence-electron chi connectivity index (χ1n) is 5.13. The van der Waals surface area contributed by atoms with Crippen LogP contribution in [0.15, 0.2) is 30.3 Å². The minimum absolute atomic E-state index is 0.250. The summed E-state index contributed by atoms with van der Waals surface area (Å²) in [7, 11) is 0. The molecule has 0 bridgehead atoms. The molecule has 0 spiro atoms. The standard InChI is InChI=1S/C12H10Cl2N2OS/c13-7-1-3-10(15)9(5-7)12(17)16-6-8-2-4-11(14)18-8/h1-5H,6,15H2,(H,16,17). The van der Waals surface area contributed by atoms with Crippen LogP contribution in [0.3, 0.4) is 0 Å². The Hall–Kier alpha value is -1.23. The lowest BCUT2D eigenvalue weighted by molar-refractivity contribution is 0.0952. The van der Waals surface area contributed by atoms with E-state index in [-0.39, 0.29) is 5.91 Å². The van der Waals surface area contributed by atoms with E-state index in [1.165, 1.54) is 11.3 Å². The van der Waals surface area contributed by atoms with Gasteiger partial charge in [-0.2, -0.15) is 0 Å². The van der Waals surface area contributed by atoms with Crippen LogP contribution in [0.2, 0.25) is 9.36 Å². The average molecular weight is 301 g/mol. The van der Waals surface area contributed by atoms with Gasteiger partial charge < -0.3 is 11.1 Å². The second-order valence-electron chi connectivity index (χ2n) is 3.62. The molecular weight excluding hydrogens is 291 g/mol. The smallest absolute Gasteiger partial charge is 0.253 e. The molecule has 1 heterocycles. The van der Waals surface area contributed by atoms with Gasteiger partial charge in [0.05, 0.1) is 16.4 Å². The highest BCUT2D eigenvalue weighted by atomic mass is 35.5. The summed E-state index contributed by atoms with van der Waals surface area (Å²) in [6, 6.07) is 8.47. The zero-order chi connectivity index (χ0) is 13.1. The molecule has 0 saturated heterocycles. The number of hydrogen-bond acceptors (Lipinski definition) is 3. The van der Waals surface area contributed by atoms with Crippen LogP contribution in [0.5, 0.6) is 0 Å². The van der Waals surface area contributed by atoms with Gasteiger partial charge in [0.1, 0.15) is 0 Å². The summed E-state index contributed by atoms with van der Waals surface area (Å²) in [5.74, 6) is -0.250. The number of anilines is 1. The van der Waals surface area contributed by atoms with Crippen molar-refractivity contribution in [3.05, 3.63) is 50.1 Å². The fourth-order valence-electron chi connectivity index (χ4n) is 1.43. The van der Waals surface area contributed by atoms with Gasteiger partial charge in [-0.3, -0.25) is 4.79 Å². The van der Waals surface area contributed by atoms with Crippen LogP contribution in [-0.4, -0.2) is 5.91 Å². The van der Waals surface area contributed by atoms with Crippen molar-refractivity contribution in [2.75, 3.05) is 5.73 Å². The Labute approximate surface area is 119 Å². The molecule has 1 aromatic carbocycles. The molecule has 6 heteroatoms. The van der Waals surface area contributed by atoms with E-state index in [0.717, 1.165) is 4.88 Å². The molecule has 94 valence electrons. The molecule has 0 radical (unpaired) electrons. The Morgan fingerprint density at radius 1 is 1.28 bits per heavy atom. The van der Waals surface area contributed by atoms with E-state index >= 15 is 0 Å². The van der Waals surface area contributed by atoms with Gasteiger partial charge in [0.25, 0.3) is 5.91 Å². The van der Waals surface area contributed by atoms with Crippen LogP contribution in [0, 0.1) is 0 Å². The quantitative estimate of drug-likeness (QED) is 0.852. The number of rotatable bonds is 3. The summed E-state index contributed by atoms with van der Waals surface area (Å²) in [6.45, 7) is 0.419. The number of benzene rings is 1. The predicted octanol–water partition coefficient (Wildman–Crippen LogP) is 3.57. The van der Waals surface area contributed by atoms with E-state index < -0.39 is 0 Å². The molecule has 0 aliphatic heterocycles. The zero-order valence-corrected chi connectivity index (χ0v) is 11.6. The number of carbonyl (C=O) groups excluding carboxylic acids is 1. The van der Waals surface area contributed by atoms with Gasteiger partial charge in [0.15, 0.2) is 0 Å². The maximum absolute atomic E-state index is 11.9. The van der Waals surface area contributed by atoms with Gasteiger partial charge in [0, 0.05) is 15.6 Å². The third-order valence-corrected chi connectivity index (χ3v) is 3.78. The van der Waals surface area contributed by atoms with Crippen molar-refractivity contribution in [2.45, 2.75) is 6.54 Å². The zero-order valence-electron chi connectivity index (χ0n) is 9.24. The normalized spacial score (nSPS) is 10.3. The average Bonchev–Trinajstić information content (AvgIpc) is 2.75. The van der Waals surface area contributed by atoms with Crippen LogP contribution in [0.4, 0.5) is 5.69 Å². The van der Waals surface area contributed by atoms with Crippen molar-refractivity contribution in [1.82, 2.24) is 5.32 Å². The van der Waals surface area contributed by atoms with E-state index in [1.54, 1.807) is 24.3 Å². The lowest BCUT2D eigenvalue weighted by Crippen LogP contribution is -2.23. The number of thiophene rings is 1. The number of nitrogens with two attached hydrogens (primary N) is 1. The van der Waals surface area contributed by atoms with Crippen molar-refractivity contribution < 1.29 is 4.79 Å². The molecule has 3 N–H and O–H groups in total. The van der Waals surface area contributed by atoms with Crippen molar-refractivity contribution in [2.24, 2.45) is 0 Å². The lowest BCUT2D eigenvalue weighted by atomic mass is 10.1. The Morgan fingerprint density at radius 3 is 2.72 bits per heavy atom. The number of amides is 1. The van der Waals surface area contributed by atoms with Gasteiger partial charge in [-0.15, -0.1) is 11.3 Å². The van der Waals surface area contributed by atoms with Crippen molar-refractivity contribution in [1.29, 1.82) is 0 Å². The Bertz CT molecular complexity index is 583. The van der Waals surface area contributed by atoms with Crippen LogP contribution >= 0.6 is 34.5 Å². The van der Waals surface area contributed by atoms with Gasteiger partial charge in [-0.25, -0.2) is 0 Å². The molecule has 1 amide bonds. The number of carbonyl (C=O) groups is 1. The third-order valence-electron chi connectivity index (χ3n) is 2.31. The van der Waals surface area contributed by atoms with Crippen molar-refractivity contribution in [3.63, 3.8) is 0 Å². The molecule has 0 atom stereocenters. The first-order valence-corrected chi connectivity index (χ1v) is 6.71. The van der Waals surface area contributed by atoms with Crippen LogP contribution in [0.25, 0.3) is 0 Å². The topological polar surface area (TPSA) is 55.1 Å². The fourth-order valence-corrected chi connectivity index (χ4v) is 2.63. The van der Waals surface area contributed by atoms with Gasteiger partial charge in [-0.05, 0) is 30.3 Å². The monoisotopic (exact) mass is 300 g/mol. The second kappa shape index (κ2) is 5.61. The summed E-state index contributed by atoms with van der Waals surface area (Å²) >= 11 is 13.1.